The number of hydrogen-bond acceptors (Lipinski definition) is 6. The molecule has 0 aliphatic carbocycles. The molecular weight excluding hydrogens is 436 g/mol. The van der Waals surface area contributed by atoms with Gasteiger partial charge >= 0.3 is 0 Å². The minimum absolute atomic E-state index is 0.0537. The first-order valence-corrected chi connectivity index (χ1v) is 8.87. The molecule has 0 aliphatic heterocycles. The molecular formula is C18H14BrClN4O3. The molecule has 0 unspecified atom stereocenters. The number of aromatic nitrogens is 2. The number of hydrazone groups is 1. The second-order valence-corrected chi connectivity index (χ2v) is 6.63. The quantitative estimate of drug-likeness (QED) is 0.457. The summed E-state index contributed by atoms with van der Waals surface area (Å²) in [7, 11) is 1.45. The number of anilines is 1. The average Bonchev–Trinajstić information content (AvgIpc) is 2.68. The number of phenolic OH excluding ortho intramolecular Hbond substituents is 1. The summed E-state index contributed by atoms with van der Waals surface area (Å²) in [4.78, 5) is 12.4. The molecule has 0 spiro atoms. The van der Waals surface area contributed by atoms with Crippen LogP contribution in [0.25, 0.3) is 5.69 Å². The van der Waals surface area contributed by atoms with Crippen molar-refractivity contribution in [3.63, 3.8) is 0 Å². The summed E-state index contributed by atoms with van der Waals surface area (Å²) < 4.78 is 6.99. The van der Waals surface area contributed by atoms with Crippen LogP contribution in [0, 0.1) is 0 Å². The number of hydrogen-bond donors (Lipinski definition) is 2. The molecule has 1 heterocycles. The molecule has 2 N–H and O–H groups in total. The number of methoxy groups -OCH3 is 1. The van der Waals surface area contributed by atoms with Gasteiger partial charge in [0.15, 0.2) is 11.5 Å². The Morgan fingerprint density at radius 3 is 2.78 bits per heavy atom. The van der Waals surface area contributed by atoms with E-state index in [0.717, 1.165) is 0 Å². The molecule has 0 atom stereocenters. The van der Waals surface area contributed by atoms with Crippen molar-refractivity contribution >= 4 is 39.4 Å². The number of halogens is 2. The summed E-state index contributed by atoms with van der Waals surface area (Å²) in [5, 5.41) is 18.2. The highest BCUT2D eigenvalue weighted by Gasteiger charge is 2.11. The van der Waals surface area contributed by atoms with Crippen molar-refractivity contribution in [1.82, 2.24) is 9.78 Å². The first kappa shape index (κ1) is 18.9. The third-order valence-electron chi connectivity index (χ3n) is 3.60. The van der Waals surface area contributed by atoms with Crippen LogP contribution in [0.5, 0.6) is 11.5 Å². The van der Waals surface area contributed by atoms with Crippen LogP contribution in [0.2, 0.25) is 5.02 Å². The van der Waals surface area contributed by atoms with Gasteiger partial charge in [0, 0.05) is 10.0 Å². The normalized spacial score (nSPS) is 10.9. The lowest BCUT2D eigenvalue weighted by atomic mass is 10.2. The Morgan fingerprint density at radius 1 is 1.33 bits per heavy atom. The maximum absolute atomic E-state index is 12.4. The second kappa shape index (κ2) is 8.24. The van der Waals surface area contributed by atoms with Crippen LogP contribution in [0.1, 0.15) is 5.56 Å². The van der Waals surface area contributed by atoms with Crippen LogP contribution in [0.3, 0.4) is 0 Å². The van der Waals surface area contributed by atoms with Crippen LogP contribution in [-0.4, -0.2) is 28.2 Å². The zero-order valence-electron chi connectivity index (χ0n) is 14.1. The maximum Gasteiger partial charge on any atom is 0.292 e. The van der Waals surface area contributed by atoms with Crippen molar-refractivity contribution in [1.29, 1.82) is 0 Å². The molecule has 7 nitrogen and oxygen atoms in total. The standard InChI is InChI=1S/C18H14BrClN4O3/c1-27-15-8-12(19)7-11(17(15)25)9-21-23-14-10-22-24(18(26)16(14)20)13-5-3-2-4-6-13/h2-10,23,25H,1H3/b21-9+. The topological polar surface area (TPSA) is 88.7 Å². The molecule has 2 aromatic carbocycles. The van der Waals surface area contributed by atoms with Gasteiger partial charge in [0.25, 0.3) is 5.56 Å². The maximum atomic E-state index is 12.4. The number of benzene rings is 2. The fourth-order valence-electron chi connectivity index (χ4n) is 2.28. The van der Waals surface area contributed by atoms with Crippen molar-refractivity contribution in [2.45, 2.75) is 0 Å². The van der Waals surface area contributed by atoms with E-state index in [1.807, 2.05) is 6.07 Å². The zero-order valence-corrected chi connectivity index (χ0v) is 16.4. The minimum atomic E-state index is -0.477. The summed E-state index contributed by atoms with van der Waals surface area (Å²) >= 11 is 9.48. The van der Waals surface area contributed by atoms with Crippen molar-refractivity contribution in [2.24, 2.45) is 5.10 Å². The predicted molar refractivity (Wildman–Crippen MR) is 108 cm³/mol. The van der Waals surface area contributed by atoms with Crippen molar-refractivity contribution in [2.75, 3.05) is 12.5 Å². The van der Waals surface area contributed by atoms with Crippen molar-refractivity contribution in [3.8, 4) is 17.2 Å². The molecule has 0 fully saturated rings. The number of ether oxygens (including phenoxy) is 1. The molecule has 3 aromatic rings. The average molecular weight is 450 g/mol. The Labute approximate surface area is 168 Å². The zero-order chi connectivity index (χ0) is 19.4. The van der Waals surface area contributed by atoms with E-state index >= 15 is 0 Å². The monoisotopic (exact) mass is 448 g/mol. The molecule has 27 heavy (non-hydrogen) atoms. The summed E-state index contributed by atoms with van der Waals surface area (Å²) in [6, 6.07) is 12.2. The van der Waals surface area contributed by atoms with Gasteiger partial charge in [-0.1, -0.05) is 45.7 Å². The number of nitrogens with zero attached hydrogens (tertiary/aromatic N) is 3. The third kappa shape index (κ3) is 4.12. The summed E-state index contributed by atoms with van der Waals surface area (Å²) in [6.45, 7) is 0. The van der Waals surface area contributed by atoms with E-state index in [9.17, 15) is 9.90 Å². The van der Waals surface area contributed by atoms with Gasteiger partial charge in [-0.3, -0.25) is 10.2 Å². The summed E-state index contributed by atoms with van der Waals surface area (Å²) in [6.07, 6.45) is 2.77. The smallest absolute Gasteiger partial charge is 0.292 e. The molecule has 3 rings (SSSR count). The largest absolute Gasteiger partial charge is 0.504 e. The molecule has 0 aliphatic rings. The number of aromatic hydroxyl groups is 1. The molecule has 0 bridgehead atoms. The van der Waals surface area contributed by atoms with E-state index in [4.69, 9.17) is 16.3 Å². The lowest BCUT2D eigenvalue weighted by molar-refractivity contribution is 0.373. The molecule has 0 saturated heterocycles. The molecule has 9 heteroatoms. The fourth-order valence-corrected chi connectivity index (χ4v) is 2.91. The summed E-state index contributed by atoms with van der Waals surface area (Å²) in [5.41, 5.74) is 3.44. The highest BCUT2D eigenvalue weighted by atomic mass is 79.9. The Morgan fingerprint density at radius 2 is 2.07 bits per heavy atom. The van der Waals surface area contributed by atoms with E-state index in [1.165, 1.54) is 24.2 Å². The Kier molecular flexibility index (Phi) is 5.78. The highest BCUT2D eigenvalue weighted by molar-refractivity contribution is 9.10. The number of nitrogens with one attached hydrogen (secondary N) is 1. The molecule has 1 aromatic heterocycles. The Balaban J connectivity index is 1.85. The van der Waals surface area contributed by atoms with E-state index in [0.29, 0.717) is 21.5 Å². The fraction of sp³-hybridized carbons (Fsp3) is 0.0556. The van der Waals surface area contributed by atoms with E-state index in [-0.39, 0.29) is 16.5 Å². The van der Waals surface area contributed by atoms with E-state index in [2.05, 4.69) is 31.6 Å². The van der Waals surface area contributed by atoms with Crippen LogP contribution >= 0.6 is 27.5 Å². The molecule has 0 saturated carbocycles. The van der Waals surface area contributed by atoms with Crippen LogP contribution in [-0.2, 0) is 0 Å². The summed E-state index contributed by atoms with van der Waals surface area (Å²) in [5.74, 6) is 0.242. The second-order valence-electron chi connectivity index (χ2n) is 5.34. The van der Waals surface area contributed by atoms with Crippen molar-refractivity contribution in [3.05, 3.63) is 74.1 Å². The molecule has 0 amide bonds. The van der Waals surface area contributed by atoms with Gasteiger partial charge in [-0.25, -0.2) is 0 Å². The predicted octanol–water partition coefficient (Wildman–Crippen LogP) is 3.81. The van der Waals surface area contributed by atoms with Gasteiger partial charge < -0.3 is 9.84 Å². The van der Waals surface area contributed by atoms with Gasteiger partial charge in [0.2, 0.25) is 0 Å². The number of para-hydroxylation sites is 1. The minimum Gasteiger partial charge on any atom is -0.504 e. The van der Waals surface area contributed by atoms with Crippen molar-refractivity contribution < 1.29 is 9.84 Å². The van der Waals surface area contributed by atoms with Crippen LogP contribution in [0.4, 0.5) is 5.69 Å². The lowest BCUT2D eigenvalue weighted by Crippen LogP contribution is -2.22. The molecule has 0 radical (unpaired) electrons. The van der Waals surface area contributed by atoms with Crippen LogP contribution in [0.15, 0.2) is 63.0 Å². The van der Waals surface area contributed by atoms with E-state index < -0.39 is 5.56 Å². The lowest BCUT2D eigenvalue weighted by Gasteiger charge is -2.08. The highest BCUT2D eigenvalue weighted by Crippen LogP contribution is 2.32. The van der Waals surface area contributed by atoms with Gasteiger partial charge in [0.05, 0.1) is 25.2 Å². The van der Waals surface area contributed by atoms with Gasteiger partial charge in [-0.05, 0) is 24.3 Å². The van der Waals surface area contributed by atoms with Crippen LogP contribution < -0.4 is 15.7 Å². The van der Waals surface area contributed by atoms with Gasteiger partial charge in [-0.15, -0.1) is 0 Å². The Bertz CT molecular complexity index is 1050. The third-order valence-corrected chi connectivity index (χ3v) is 4.42. The van der Waals surface area contributed by atoms with Gasteiger partial charge in [0.1, 0.15) is 10.7 Å². The first-order chi connectivity index (χ1) is 13.0. The SMILES string of the molecule is COc1cc(Br)cc(/C=N/Nc2cnn(-c3ccccc3)c(=O)c2Cl)c1O. The van der Waals surface area contributed by atoms with E-state index in [1.54, 1.807) is 36.4 Å². The van der Waals surface area contributed by atoms with Gasteiger partial charge in [-0.2, -0.15) is 14.9 Å². The number of rotatable bonds is 5. The Hall–Kier alpha value is -2.84. The number of phenols is 1. The molecule has 138 valence electrons. The first-order valence-electron chi connectivity index (χ1n) is 7.70.